The van der Waals surface area contributed by atoms with Gasteiger partial charge in [0.2, 0.25) is 0 Å². The third-order valence-corrected chi connectivity index (χ3v) is 6.14. The molecule has 0 radical (unpaired) electrons. The van der Waals surface area contributed by atoms with Gasteiger partial charge in [-0.25, -0.2) is 4.79 Å². The minimum Gasteiger partial charge on any atom is -0.481 e. The lowest BCUT2D eigenvalue weighted by molar-refractivity contribution is -0.139. The maximum absolute atomic E-state index is 13.2. The molecular weight excluding hydrogens is 552 g/mol. The van der Waals surface area contributed by atoms with Crippen LogP contribution in [0.5, 0.6) is 5.75 Å². The van der Waals surface area contributed by atoms with Gasteiger partial charge < -0.3 is 9.84 Å². The van der Waals surface area contributed by atoms with Crippen LogP contribution in [0.2, 0.25) is 0 Å². The normalized spacial score (nSPS) is 11.9. The van der Waals surface area contributed by atoms with Crippen molar-refractivity contribution in [3.8, 4) is 5.75 Å². The summed E-state index contributed by atoms with van der Waals surface area (Å²) in [5.74, 6) is -0.0273. The molecule has 0 saturated heterocycles. The predicted octanol–water partition coefficient (Wildman–Crippen LogP) is 7.00. The molecule has 0 amide bonds. The molecule has 0 aliphatic rings. The van der Waals surface area contributed by atoms with Crippen LogP contribution in [-0.4, -0.2) is 23.4 Å². The molecule has 0 aliphatic heterocycles. The van der Waals surface area contributed by atoms with E-state index in [4.69, 9.17) is 9.84 Å². The summed E-state index contributed by atoms with van der Waals surface area (Å²) in [4.78, 5) is 11.6. The Hall–Kier alpha value is -2.46. The molecule has 0 heterocycles. The van der Waals surface area contributed by atoms with Gasteiger partial charge in [-0.2, -0.15) is 13.2 Å². The molecule has 0 unspecified atom stereocenters. The fraction of sp³-hybridized carbons (Fsp3) is 0.125. The predicted molar refractivity (Wildman–Crippen MR) is 128 cm³/mol. The Morgan fingerprint density at radius 2 is 1.72 bits per heavy atom. The zero-order valence-electron chi connectivity index (χ0n) is 16.6. The van der Waals surface area contributed by atoms with Gasteiger partial charge in [0.25, 0.3) is 0 Å². The standard InChI is InChI=1S/C24H18F3IO3S/c25-24(26,27)18-8-4-7-17(13-18)20(16-5-2-1-3-6-16)11-12-32-19-9-10-22(21(28)14-19)31-15-23(29)30/h1-11,13-14H,12,15H2,(H,29,30). The topological polar surface area (TPSA) is 46.5 Å². The van der Waals surface area contributed by atoms with Gasteiger partial charge >= 0.3 is 12.1 Å². The zero-order valence-corrected chi connectivity index (χ0v) is 19.6. The van der Waals surface area contributed by atoms with Crippen molar-refractivity contribution in [2.75, 3.05) is 12.4 Å². The second-order valence-electron chi connectivity index (χ2n) is 6.65. The van der Waals surface area contributed by atoms with Gasteiger partial charge in [-0.15, -0.1) is 11.8 Å². The van der Waals surface area contributed by atoms with E-state index in [1.807, 2.05) is 48.5 Å². The summed E-state index contributed by atoms with van der Waals surface area (Å²) < 4.78 is 45.6. The molecule has 1 N–H and O–H groups in total. The van der Waals surface area contributed by atoms with E-state index in [2.05, 4.69) is 22.6 Å². The Balaban J connectivity index is 1.82. The first-order valence-electron chi connectivity index (χ1n) is 9.44. The van der Waals surface area contributed by atoms with Crippen molar-refractivity contribution >= 4 is 45.9 Å². The van der Waals surface area contributed by atoms with Gasteiger partial charge in [-0.05, 0) is 69.6 Å². The molecular formula is C24H18F3IO3S. The van der Waals surface area contributed by atoms with E-state index < -0.39 is 24.3 Å². The molecule has 0 aliphatic carbocycles. The lowest BCUT2D eigenvalue weighted by atomic mass is 9.96. The monoisotopic (exact) mass is 570 g/mol. The Labute approximate surface area is 201 Å². The number of rotatable bonds is 8. The van der Waals surface area contributed by atoms with E-state index >= 15 is 0 Å². The molecule has 0 saturated carbocycles. The van der Waals surface area contributed by atoms with Gasteiger partial charge in [-0.1, -0.05) is 48.5 Å². The molecule has 166 valence electrons. The number of alkyl halides is 3. The molecule has 0 atom stereocenters. The van der Waals surface area contributed by atoms with Gasteiger partial charge in [0.15, 0.2) is 6.61 Å². The van der Waals surface area contributed by atoms with Crippen molar-refractivity contribution < 1.29 is 27.8 Å². The van der Waals surface area contributed by atoms with Crippen LogP contribution in [0.1, 0.15) is 16.7 Å². The first-order chi connectivity index (χ1) is 15.2. The molecule has 0 bridgehead atoms. The smallest absolute Gasteiger partial charge is 0.416 e. The maximum Gasteiger partial charge on any atom is 0.416 e. The van der Waals surface area contributed by atoms with Gasteiger partial charge in [0.05, 0.1) is 9.13 Å². The second kappa shape index (κ2) is 10.9. The van der Waals surface area contributed by atoms with E-state index in [1.165, 1.54) is 23.9 Å². The van der Waals surface area contributed by atoms with Gasteiger partial charge in [0, 0.05) is 10.6 Å². The highest BCUT2D eigenvalue weighted by atomic mass is 127. The summed E-state index contributed by atoms with van der Waals surface area (Å²) >= 11 is 3.59. The summed E-state index contributed by atoms with van der Waals surface area (Å²) in [5, 5.41) is 8.74. The molecule has 0 aromatic heterocycles. The second-order valence-corrected chi connectivity index (χ2v) is 8.90. The van der Waals surface area contributed by atoms with E-state index in [1.54, 1.807) is 12.1 Å². The number of ether oxygens (including phenoxy) is 1. The summed E-state index contributed by atoms with van der Waals surface area (Å²) in [6.45, 7) is -0.414. The van der Waals surface area contributed by atoms with E-state index in [0.717, 1.165) is 25.7 Å². The number of carboxylic acid groups (broad SMARTS) is 1. The van der Waals surface area contributed by atoms with Crippen LogP contribution in [0, 0.1) is 3.57 Å². The number of hydrogen-bond acceptors (Lipinski definition) is 3. The van der Waals surface area contributed by atoms with Crippen molar-refractivity contribution in [1.29, 1.82) is 0 Å². The average Bonchev–Trinajstić information content (AvgIpc) is 2.76. The summed E-state index contributed by atoms with van der Waals surface area (Å²) in [6, 6.07) is 20.0. The van der Waals surface area contributed by atoms with Gasteiger partial charge in [-0.3, -0.25) is 0 Å². The molecule has 32 heavy (non-hydrogen) atoms. The Bertz CT molecular complexity index is 1110. The number of benzene rings is 3. The quantitative estimate of drug-likeness (QED) is 0.234. The van der Waals surface area contributed by atoms with Crippen molar-refractivity contribution in [2.24, 2.45) is 0 Å². The molecule has 3 rings (SSSR count). The lowest BCUT2D eigenvalue weighted by Gasteiger charge is -2.13. The Kier molecular flexibility index (Phi) is 8.25. The Morgan fingerprint density at radius 3 is 2.38 bits per heavy atom. The number of halogens is 4. The minimum absolute atomic E-state index is 0.414. The molecule has 3 aromatic carbocycles. The fourth-order valence-corrected chi connectivity index (χ4v) is 4.62. The van der Waals surface area contributed by atoms with E-state index in [-0.39, 0.29) is 0 Å². The number of aliphatic carboxylic acids is 1. The van der Waals surface area contributed by atoms with Crippen LogP contribution in [0.25, 0.3) is 5.57 Å². The minimum atomic E-state index is -4.41. The molecule has 0 fully saturated rings. The van der Waals surface area contributed by atoms with E-state index in [0.29, 0.717) is 17.1 Å². The van der Waals surface area contributed by atoms with E-state index in [9.17, 15) is 18.0 Å². The van der Waals surface area contributed by atoms with Crippen molar-refractivity contribution in [3.63, 3.8) is 0 Å². The number of hydrogen-bond donors (Lipinski definition) is 1. The van der Waals surface area contributed by atoms with Crippen molar-refractivity contribution in [2.45, 2.75) is 11.1 Å². The van der Waals surface area contributed by atoms with Crippen LogP contribution in [-0.2, 0) is 11.0 Å². The summed E-state index contributed by atoms with van der Waals surface area (Å²) in [5.41, 5.74) is 1.37. The van der Waals surface area contributed by atoms with Crippen molar-refractivity contribution in [3.05, 3.63) is 99.1 Å². The summed E-state index contributed by atoms with van der Waals surface area (Å²) in [7, 11) is 0. The first-order valence-corrected chi connectivity index (χ1v) is 11.5. The van der Waals surface area contributed by atoms with Crippen molar-refractivity contribution in [1.82, 2.24) is 0 Å². The molecule has 3 nitrogen and oxygen atoms in total. The van der Waals surface area contributed by atoms with Gasteiger partial charge in [0.1, 0.15) is 5.75 Å². The van der Waals surface area contributed by atoms with Crippen LogP contribution < -0.4 is 4.74 Å². The highest BCUT2D eigenvalue weighted by molar-refractivity contribution is 14.1. The summed E-state index contributed by atoms with van der Waals surface area (Å²) in [6.07, 6.45) is -2.50. The SMILES string of the molecule is O=C(O)COc1ccc(SCC=C(c2ccccc2)c2cccc(C(F)(F)F)c2)cc1I. The lowest BCUT2D eigenvalue weighted by Crippen LogP contribution is -2.10. The third kappa shape index (κ3) is 6.77. The zero-order chi connectivity index (χ0) is 23.1. The third-order valence-electron chi connectivity index (χ3n) is 4.38. The first kappa shape index (κ1) is 24.2. The van der Waals surface area contributed by atoms with Crippen LogP contribution in [0.4, 0.5) is 13.2 Å². The molecule has 0 spiro atoms. The highest BCUT2D eigenvalue weighted by Gasteiger charge is 2.30. The number of carbonyl (C=O) groups is 1. The number of carboxylic acids is 1. The highest BCUT2D eigenvalue weighted by Crippen LogP contribution is 2.33. The largest absolute Gasteiger partial charge is 0.481 e. The fourth-order valence-electron chi connectivity index (χ4n) is 2.93. The number of thioether (sulfide) groups is 1. The Morgan fingerprint density at radius 1 is 1.00 bits per heavy atom. The maximum atomic E-state index is 13.2. The molecule has 3 aromatic rings. The van der Waals surface area contributed by atoms with Crippen LogP contribution in [0.3, 0.4) is 0 Å². The van der Waals surface area contributed by atoms with Crippen LogP contribution >= 0.6 is 34.4 Å². The average molecular weight is 570 g/mol. The molecule has 8 heteroatoms. The van der Waals surface area contributed by atoms with Crippen LogP contribution in [0.15, 0.2) is 83.8 Å².